The molecule has 1 aromatic carbocycles. The maximum absolute atomic E-state index is 10.6. The predicted octanol–water partition coefficient (Wildman–Crippen LogP) is 4.11. The zero-order chi connectivity index (χ0) is 15.7. The highest BCUT2D eigenvalue weighted by Gasteiger charge is 2.12. The number of likely N-dealkylation sites (N-methyl/N-ethyl adjacent to an activating group) is 1. The van der Waals surface area contributed by atoms with Gasteiger partial charge in [0.15, 0.2) is 0 Å². The van der Waals surface area contributed by atoms with Gasteiger partial charge < -0.3 is 5.11 Å². The molecular weight excluding hydrogens is 286 g/mol. The van der Waals surface area contributed by atoms with Crippen molar-refractivity contribution in [2.45, 2.75) is 44.4 Å². The van der Waals surface area contributed by atoms with Crippen LogP contribution in [0.25, 0.3) is 0 Å². The summed E-state index contributed by atoms with van der Waals surface area (Å²) in [6, 6.07) is 8.38. The summed E-state index contributed by atoms with van der Waals surface area (Å²) >= 11 is 6.35. The first-order chi connectivity index (χ1) is 10.0. The Bertz CT molecular complexity index is 419. The van der Waals surface area contributed by atoms with Gasteiger partial charge in [0.1, 0.15) is 0 Å². The number of benzene rings is 1. The minimum absolute atomic E-state index is 0.0126. The van der Waals surface area contributed by atoms with Crippen molar-refractivity contribution in [2.75, 3.05) is 20.1 Å². The van der Waals surface area contributed by atoms with Gasteiger partial charge in [-0.1, -0.05) is 50.5 Å². The highest BCUT2D eigenvalue weighted by Crippen LogP contribution is 2.22. The van der Waals surface area contributed by atoms with E-state index in [4.69, 9.17) is 16.7 Å². The van der Waals surface area contributed by atoms with Crippen LogP contribution in [0.1, 0.15) is 49.1 Å². The van der Waals surface area contributed by atoms with Gasteiger partial charge in [0, 0.05) is 6.54 Å². The van der Waals surface area contributed by atoms with Crippen LogP contribution < -0.4 is 0 Å². The van der Waals surface area contributed by atoms with E-state index < -0.39 is 5.97 Å². The van der Waals surface area contributed by atoms with E-state index in [1.807, 2.05) is 0 Å². The second-order valence-corrected chi connectivity index (χ2v) is 6.14. The van der Waals surface area contributed by atoms with Crippen molar-refractivity contribution in [3.05, 3.63) is 35.4 Å². The van der Waals surface area contributed by atoms with Gasteiger partial charge >= 0.3 is 5.97 Å². The van der Waals surface area contributed by atoms with Crippen LogP contribution in [0, 0.1) is 0 Å². The fraction of sp³-hybridized carbons (Fsp3) is 0.588. The summed E-state index contributed by atoms with van der Waals surface area (Å²) in [4.78, 5) is 12.4. The fourth-order valence-electron chi connectivity index (χ4n) is 2.32. The average molecular weight is 312 g/mol. The summed E-state index contributed by atoms with van der Waals surface area (Å²) in [6.45, 7) is 2.76. The molecular formula is C17H26ClNO2. The van der Waals surface area contributed by atoms with Crippen molar-refractivity contribution < 1.29 is 9.90 Å². The topological polar surface area (TPSA) is 40.5 Å². The zero-order valence-electron chi connectivity index (χ0n) is 13.0. The van der Waals surface area contributed by atoms with Gasteiger partial charge in [0.25, 0.3) is 0 Å². The average Bonchev–Trinajstić information content (AvgIpc) is 2.43. The first-order valence-electron chi connectivity index (χ1n) is 7.66. The van der Waals surface area contributed by atoms with Gasteiger partial charge in [0.05, 0.1) is 11.9 Å². The number of carboxylic acids is 1. The van der Waals surface area contributed by atoms with E-state index in [0.29, 0.717) is 6.54 Å². The number of hydrogen-bond donors (Lipinski definition) is 1. The number of nitrogens with zero attached hydrogens (tertiary/aromatic N) is 1. The van der Waals surface area contributed by atoms with Gasteiger partial charge in [-0.05, 0) is 31.0 Å². The number of aliphatic carboxylic acids is 1. The molecule has 0 bridgehead atoms. The van der Waals surface area contributed by atoms with Gasteiger partial charge in [-0.15, -0.1) is 11.6 Å². The van der Waals surface area contributed by atoms with Crippen LogP contribution in [0.5, 0.6) is 0 Å². The lowest BCUT2D eigenvalue weighted by molar-refractivity contribution is -0.137. The molecule has 0 aliphatic rings. The molecule has 4 heteroatoms. The van der Waals surface area contributed by atoms with Crippen LogP contribution in [0.4, 0.5) is 0 Å². The Morgan fingerprint density at radius 1 is 1.24 bits per heavy atom. The molecule has 1 N–H and O–H groups in total. The standard InChI is InChI=1S/C17H26ClNO2/c1-3-4-5-6-7-14-8-10-15(11-9-14)16(18)12-19(2)13-17(20)21/h8-11,16H,3-7,12-13H2,1-2H3,(H,20,21). The SMILES string of the molecule is CCCCCCc1ccc(C(Cl)CN(C)CC(=O)O)cc1. The largest absolute Gasteiger partial charge is 0.480 e. The molecule has 21 heavy (non-hydrogen) atoms. The number of hydrogen-bond acceptors (Lipinski definition) is 2. The van der Waals surface area contributed by atoms with E-state index in [2.05, 4.69) is 31.2 Å². The number of aryl methyl sites for hydroxylation is 1. The molecule has 0 aliphatic heterocycles. The fourth-order valence-corrected chi connectivity index (χ4v) is 2.70. The van der Waals surface area contributed by atoms with Crippen LogP contribution >= 0.6 is 11.6 Å². The molecule has 0 aliphatic carbocycles. The Morgan fingerprint density at radius 2 is 1.90 bits per heavy atom. The number of halogens is 1. The molecule has 0 aromatic heterocycles. The lowest BCUT2D eigenvalue weighted by Crippen LogP contribution is -2.28. The normalized spacial score (nSPS) is 12.6. The monoisotopic (exact) mass is 311 g/mol. The van der Waals surface area contributed by atoms with Gasteiger partial charge in [0.2, 0.25) is 0 Å². The molecule has 0 fully saturated rings. The second kappa shape index (κ2) is 9.80. The van der Waals surface area contributed by atoms with Gasteiger partial charge in [-0.25, -0.2) is 0 Å². The van der Waals surface area contributed by atoms with E-state index in [0.717, 1.165) is 12.0 Å². The van der Waals surface area contributed by atoms with E-state index in [1.165, 1.54) is 31.2 Å². The van der Waals surface area contributed by atoms with Crippen LogP contribution in [-0.4, -0.2) is 36.1 Å². The lowest BCUT2D eigenvalue weighted by Gasteiger charge is -2.18. The predicted molar refractivity (Wildman–Crippen MR) is 88.0 cm³/mol. The molecule has 0 heterocycles. The molecule has 0 radical (unpaired) electrons. The van der Waals surface area contributed by atoms with Gasteiger partial charge in [-0.2, -0.15) is 0 Å². The highest BCUT2D eigenvalue weighted by molar-refractivity contribution is 6.21. The van der Waals surface area contributed by atoms with Crippen molar-refractivity contribution in [1.29, 1.82) is 0 Å². The minimum Gasteiger partial charge on any atom is -0.480 e. The maximum atomic E-state index is 10.6. The highest BCUT2D eigenvalue weighted by atomic mass is 35.5. The number of unbranched alkanes of at least 4 members (excludes halogenated alkanes) is 3. The van der Waals surface area contributed by atoms with Crippen LogP contribution in [-0.2, 0) is 11.2 Å². The molecule has 0 spiro atoms. The smallest absolute Gasteiger partial charge is 0.317 e. The third-order valence-corrected chi connectivity index (χ3v) is 3.93. The molecule has 1 aromatic rings. The second-order valence-electron chi connectivity index (χ2n) is 5.61. The summed E-state index contributed by atoms with van der Waals surface area (Å²) in [5, 5.41) is 8.56. The first-order valence-corrected chi connectivity index (χ1v) is 8.09. The van der Waals surface area contributed by atoms with Crippen LogP contribution in [0.3, 0.4) is 0 Å². The Labute approximate surface area is 132 Å². The van der Waals surface area contributed by atoms with Crippen molar-refractivity contribution in [3.8, 4) is 0 Å². The Kier molecular flexibility index (Phi) is 8.40. The third kappa shape index (κ3) is 7.49. The van der Waals surface area contributed by atoms with Crippen LogP contribution in [0.15, 0.2) is 24.3 Å². The summed E-state index contributed by atoms with van der Waals surface area (Å²) in [7, 11) is 1.77. The van der Waals surface area contributed by atoms with E-state index in [9.17, 15) is 4.79 Å². The molecule has 1 unspecified atom stereocenters. The molecule has 0 amide bonds. The van der Waals surface area contributed by atoms with Crippen molar-refractivity contribution >= 4 is 17.6 Å². The Hall–Kier alpha value is -1.06. The Morgan fingerprint density at radius 3 is 2.48 bits per heavy atom. The first kappa shape index (κ1) is 18.0. The lowest BCUT2D eigenvalue weighted by atomic mass is 10.0. The quantitative estimate of drug-likeness (QED) is 0.522. The van der Waals surface area contributed by atoms with E-state index >= 15 is 0 Å². The van der Waals surface area contributed by atoms with Crippen molar-refractivity contribution in [3.63, 3.8) is 0 Å². The van der Waals surface area contributed by atoms with Gasteiger partial charge in [-0.3, -0.25) is 9.69 Å². The van der Waals surface area contributed by atoms with E-state index in [1.54, 1.807) is 11.9 Å². The molecule has 1 rings (SSSR count). The van der Waals surface area contributed by atoms with Crippen molar-refractivity contribution in [1.82, 2.24) is 4.90 Å². The molecule has 3 nitrogen and oxygen atoms in total. The summed E-state index contributed by atoms with van der Waals surface area (Å²) in [5.41, 5.74) is 2.39. The zero-order valence-corrected chi connectivity index (χ0v) is 13.8. The molecule has 0 saturated carbocycles. The summed E-state index contributed by atoms with van der Waals surface area (Å²) in [6.07, 6.45) is 6.20. The molecule has 118 valence electrons. The van der Waals surface area contributed by atoms with E-state index in [-0.39, 0.29) is 11.9 Å². The third-order valence-electron chi connectivity index (χ3n) is 3.54. The number of carbonyl (C=O) groups is 1. The minimum atomic E-state index is -0.830. The number of alkyl halides is 1. The Balaban J connectivity index is 2.43. The number of rotatable bonds is 10. The van der Waals surface area contributed by atoms with Crippen molar-refractivity contribution in [2.24, 2.45) is 0 Å². The maximum Gasteiger partial charge on any atom is 0.317 e. The van der Waals surface area contributed by atoms with Crippen LogP contribution in [0.2, 0.25) is 0 Å². The molecule has 0 saturated heterocycles. The number of carboxylic acid groups (broad SMARTS) is 1. The summed E-state index contributed by atoms with van der Waals surface area (Å²) < 4.78 is 0. The summed E-state index contributed by atoms with van der Waals surface area (Å²) in [5.74, 6) is -0.830. The molecule has 1 atom stereocenters.